The van der Waals surface area contributed by atoms with Crippen LogP contribution in [0.1, 0.15) is 45.1 Å². The zero-order valence-corrected chi connectivity index (χ0v) is 10.1. The summed E-state index contributed by atoms with van der Waals surface area (Å²) >= 11 is 0. The highest BCUT2D eigenvalue weighted by Gasteiger charge is 2.28. The van der Waals surface area contributed by atoms with E-state index < -0.39 is 23.1 Å². The number of rotatable bonds is 5. The molecule has 0 aliphatic carbocycles. The lowest BCUT2D eigenvalue weighted by Crippen LogP contribution is -2.23. The fourth-order valence-electron chi connectivity index (χ4n) is 1.80. The summed E-state index contributed by atoms with van der Waals surface area (Å²) in [6, 6.07) is 1.93. The van der Waals surface area contributed by atoms with Crippen LogP contribution in [0.15, 0.2) is 12.1 Å². The van der Waals surface area contributed by atoms with Gasteiger partial charge in [-0.1, -0.05) is 32.3 Å². The lowest BCUT2D eigenvalue weighted by atomic mass is 9.89. The number of halogens is 3. The minimum atomic E-state index is -1.53. The van der Waals surface area contributed by atoms with Crippen LogP contribution in [0.4, 0.5) is 13.2 Å². The van der Waals surface area contributed by atoms with Crippen LogP contribution in [-0.4, -0.2) is 5.11 Å². The van der Waals surface area contributed by atoms with E-state index >= 15 is 0 Å². The van der Waals surface area contributed by atoms with Crippen molar-refractivity contribution >= 4 is 0 Å². The molecule has 0 radical (unpaired) electrons. The van der Waals surface area contributed by atoms with Gasteiger partial charge in [0, 0.05) is 5.56 Å². The van der Waals surface area contributed by atoms with Crippen LogP contribution in [0.5, 0.6) is 0 Å². The zero-order valence-electron chi connectivity index (χ0n) is 10.1. The summed E-state index contributed by atoms with van der Waals surface area (Å²) in [5, 5.41) is 10.1. The Morgan fingerprint density at radius 1 is 1.12 bits per heavy atom. The quantitative estimate of drug-likeness (QED) is 0.617. The molecule has 0 heterocycles. The van der Waals surface area contributed by atoms with Crippen molar-refractivity contribution in [1.29, 1.82) is 0 Å². The van der Waals surface area contributed by atoms with Crippen molar-refractivity contribution in [3.63, 3.8) is 0 Å². The largest absolute Gasteiger partial charge is 0.385 e. The lowest BCUT2D eigenvalue weighted by Gasteiger charge is -2.24. The van der Waals surface area contributed by atoms with Crippen LogP contribution in [-0.2, 0) is 5.60 Å². The van der Waals surface area contributed by atoms with Crippen molar-refractivity contribution in [3.05, 3.63) is 35.1 Å². The van der Waals surface area contributed by atoms with Gasteiger partial charge in [-0.25, -0.2) is 13.2 Å². The molecule has 0 amide bonds. The van der Waals surface area contributed by atoms with Gasteiger partial charge in [0.2, 0.25) is 0 Å². The van der Waals surface area contributed by atoms with E-state index in [9.17, 15) is 18.3 Å². The lowest BCUT2D eigenvalue weighted by molar-refractivity contribution is 0.0404. The molecule has 1 aromatic carbocycles. The molecule has 1 rings (SSSR count). The third-order valence-corrected chi connectivity index (χ3v) is 2.88. The van der Waals surface area contributed by atoms with Crippen LogP contribution in [0.2, 0.25) is 0 Å². The molecular weight excluding hydrogens is 229 g/mol. The number of unbranched alkanes of at least 4 members (excludes halogenated alkanes) is 2. The Hall–Kier alpha value is -1.03. The second-order valence-electron chi connectivity index (χ2n) is 4.45. The van der Waals surface area contributed by atoms with Gasteiger partial charge in [0.05, 0.1) is 5.60 Å². The van der Waals surface area contributed by atoms with Gasteiger partial charge in [0.25, 0.3) is 0 Å². The van der Waals surface area contributed by atoms with E-state index in [-0.39, 0.29) is 5.56 Å². The second kappa shape index (κ2) is 5.54. The SMILES string of the molecule is CCCCCC(C)(O)c1ccc(F)c(F)c1F. The van der Waals surface area contributed by atoms with E-state index in [1.165, 1.54) is 6.92 Å². The molecule has 0 bridgehead atoms. The summed E-state index contributed by atoms with van der Waals surface area (Å²) in [7, 11) is 0. The molecular formula is C13H17F3O. The van der Waals surface area contributed by atoms with Crippen LogP contribution in [0, 0.1) is 17.5 Å². The van der Waals surface area contributed by atoms with Crippen molar-refractivity contribution < 1.29 is 18.3 Å². The van der Waals surface area contributed by atoms with Gasteiger partial charge in [-0.05, 0) is 19.4 Å². The second-order valence-corrected chi connectivity index (χ2v) is 4.45. The standard InChI is InChI=1S/C13H17F3O/c1-3-4-5-8-13(2,17)9-6-7-10(14)12(16)11(9)15/h6-7,17H,3-5,8H2,1-2H3. The maximum atomic E-state index is 13.5. The predicted octanol–water partition coefficient (Wildman–Crippen LogP) is 3.89. The van der Waals surface area contributed by atoms with E-state index in [1.807, 2.05) is 6.92 Å². The number of benzene rings is 1. The Morgan fingerprint density at radius 3 is 2.35 bits per heavy atom. The van der Waals surface area contributed by atoms with Crippen molar-refractivity contribution in [2.45, 2.75) is 45.1 Å². The molecule has 96 valence electrons. The first-order chi connectivity index (χ1) is 7.90. The highest BCUT2D eigenvalue weighted by molar-refractivity contribution is 5.25. The summed E-state index contributed by atoms with van der Waals surface area (Å²) in [4.78, 5) is 0. The molecule has 1 unspecified atom stereocenters. The van der Waals surface area contributed by atoms with E-state index in [2.05, 4.69) is 0 Å². The minimum absolute atomic E-state index is 0.187. The van der Waals surface area contributed by atoms with E-state index in [0.717, 1.165) is 25.0 Å². The van der Waals surface area contributed by atoms with E-state index in [4.69, 9.17) is 0 Å². The Bertz CT molecular complexity index is 388. The number of aliphatic hydroxyl groups is 1. The van der Waals surface area contributed by atoms with Crippen LogP contribution in [0.3, 0.4) is 0 Å². The van der Waals surface area contributed by atoms with Gasteiger partial charge >= 0.3 is 0 Å². The van der Waals surface area contributed by atoms with Gasteiger partial charge in [0.1, 0.15) is 0 Å². The van der Waals surface area contributed by atoms with Gasteiger partial charge in [-0.15, -0.1) is 0 Å². The summed E-state index contributed by atoms with van der Waals surface area (Å²) in [5.74, 6) is -4.07. The van der Waals surface area contributed by atoms with E-state index in [1.54, 1.807) is 0 Å². The third kappa shape index (κ3) is 3.22. The summed E-state index contributed by atoms with van der Waals surface area (Å²) in [6.45, 7) is 3.42. The summed E-state index contributed by atoms with van der Waals surface area (Å²) in [6.07, 6.45) is 2.91. The Morgan fingerprint density at radius 2 is 1.76 bits per heavy atom. The average Bonchev–Trinajstić information content (AvgIpc) is 2.26. The first-order valence-corrected chi connectivity index (χ1v) is 5.76. The number of hydrogen-bond donors (Lipinski definition) is 1. The smallest absolute Gasteiger partial charge is 0.194 e. The monoisotopic (exact) mass is 246 g/mol. The van der Waals surface area contributed by atoms with Gasteiger partial charge in [0.15, 0.2) is 17.5 Å². The molecule has 0 aliphatic heterocycles. The molecule has 1 nitrogen and oxygen atoms in total. The Labute approximate surface area is 99.3 Å². The molecule has 0 aromatic heterocycles. The third-order valence-electron chi connectivity index (χ3n) is 2.88. The molecule has 0 spiro atoms. The highest BCUT2D eigenvalue weighted by Crippen LogP contribution is 2.30. The molecule has 0 saturated carbocycles. The van der Waals surface area contributed by atoms with Crippen LogP contribution >= 0.6 is 0 Å². The van der Waals surface area contributed by atoms with Gasteiger partial charge in [-0.3, -0.25) is 0 Å². The van der Waals surface area contributed by atoms with Crippen molar-refractivity contribution in [1.82, 2.24) is 0 Å². The highest BCUT2D eigenvalue weighted by atomic mass is 19.2. The van der Waals surface area contributed by atoms with E-state index in [0.29, 0.717) is 12.8 Å². The summed E-state index contributed by atoms with van der Waals surface area (Å²) in [5.41, 5.74) is -1.65. The molecule has 1 atom stereocenters. The molecule has 0 saturated heterocycles. The van der Waals surface area contributed by atoms with Crippen LogP contribution in [0.25, 0.3) is 0 Å². The molecule has 1 N–H and O–H groups in total. The van der Waals surface area contributed by atoms with Crippen molar-refractivity contribution in [3.8, 4) is 0 Å². The van der Waals surface area contributed by atoms with Crippen molar-refractivity contribution in [2.75, 3.05) is 0 Å². The number of hydrogen-bond acceptors (Lipinski definition) is 1. The minimum Gasteiger partial charge on any atom is -0.385 e. The average molecular weight is 246 g/mol. The molecule has 4 heteroatoms. The fourth-order valence-corrected chi connectivity index (χ4v) is 1.80. The topological polar surface area (TPSA) is 20.2 Å². The Kier molecular flexibility index (Phi) is 4.57. The molecule has 1 aromatic rings. The predicted molar refractivity (Wildman–Crippen MR) is 60.0 cm³/mol. The molecule has 17 heavy (non-hydrogen) atoms. The van der Waals surface area contributed by atoms with Gasteiger partial charge in [-0.2, -0.15) is 0 Å². The molecule has 0 aliphatic rings. The Balaban J connectivity index is 2.94. The first-order valence-electron chi connectivity index (χ1n) is 5.76. The first kappa shape index (κ1) is 14.0. The van der Waals surface area contributed by atoms with Crippen LogP contribution < -0.4 is 0 Å². The normalized spacial score (nSPS) is 14.7. The maximum absolute atomic E-state index is 13.5. The van der Waals surface area contributed by atoms with Crippen molar-refractivity contribution in [2.24, 2.45) is 0 Å². The van der Waals surface area contributed by atoms with Gasteiger partial charge < -0.3 is 5.11 Å². The maximum Gasteiger partial charge on any atom is 0.194 e. The molecule has 0 fully saturated rings. The zero-order chi connectivity index (χ0) is 13.1. The summed E-state index contributed by atoms with van der Waals surface area (Å²) < 4.78 is 39.3. The fraction of sp³-hybridized carbons (Fsp3) is 0.538.